The van der Waals surface area contributed by atoms with Crippen LogP contribution in [-0.2, 0) is 11.2 Å². The van der Waals surface area contributed by atoms with Gasteiger partial charge in [-0.3, -0.25) is 14.9 Å². The van der Waals surface area contributed by atoms with Crippen LogP contribution in [0.2, 0.25) is 5.02 Å². The van der Waals surface area contributed by atoms with E-state index < -0.39 is 0 Å². The number of carbonyl (C=O) groups excluding carboxylic acids is 1. The van der Waals surface area contributed by atoms with Gasteiger partial charge in [0.15, 0.2) is 6.61 Å². The molecule has 5 heteroatoms. The second-order valence-electron chi connectivity index (χ2n) is 9.52. The summed E-state index contributed by atoms with van der Waals surface area (Å²) in [4.78, 5) is 12.3. The number of unbranched alkanes of at least 4 members (excludes halogenated alkanes) is 12. The minimum absolute atomic E-state index is 0.0309. The maximum atomic E-state index is 12.3. The number of amides is 1. The highest BCUT2D eigenvalue weighted by Crippen LogP contribution is 2.24. The third-order valence-corrected chi connectivity index (χ3v) is 6.81. The zero-order valence-electron chi connectivity index (χ0n) is 21.6. The Kier molecular flexibility index (Phi) is 13.9. The van der Waals surface area contributed by atoms with Crippen LogP contribution < -0.4 is 10.2 Å². The van der Waals surface area contributed by atoms with Gasteiger partial charge in [0, 0.05) is 16.4 Å². The minimum atomic E-state index is -0.185. The Hall–Kier alpha value is -1.94. The van der Waals surface area contributed by atoms with Crippen molar-refractivity contribution < 1.29 is 9.53 Å². The molecule has 0 aliphatic heterocycles. The first-order chi connectivity index (χ1) is 16.5. The predicted octanol–water partition coefficient (Wildman–Crippen LogP) is 8.54. The summed E-state index contributed by atoms with van der Waals surface area (Å²) in [7, 11) is 0. The molecule has 1 aromatic heterocycles. The number of rotatable bonds is 18. The fourth-order valence-corrected chi connectivity index (χ4v) is 4.53. The molecule has 34 heavy (non-hydrogen) atoms. The Balaban J connectivity index is 1.58. The average Bonchev–Trinajstić information content (AvgIpc) is 3.14. The number of carbonyl (C=O) groups is 1. The van der Waals surface area contributed by atoms with Gasteiger partial charge in [-0.2, -0.15) is 0 Å². The molecule has 0 radical (unpaired) electrons. The molecule has 1 N–H and O–H groups in total. The van der Waals surface area contributed by atoms with Crippen LogP contribution in [0.25, 0.3) is 0 Å². The van der Waals surface area contributed by atoms with Gasteiger partial charge in [-0.05, 0) is 62.6 Å². The minimum Gasteiger partial charge on any atom is -0.484 e. The molecular formula is C29H45ClN2O2. The number of benzene rings is 1. The Bertz CT molecular complexity index is 827. The van der Waals surface area contributed by atoms with Crippen molar-refractivity contribution in [2.24, 2.45) is 0 Å². The van der Waals surface area contributed by atoms with Gasteiger partial charge in [0.2, 0.25) is 0 Å². The van der Waals surface area contributed by atoms with Crippen LogP contribution in [-0.4, -0.2) is 17.2 Å². The number of hydrogen-bond acceptors (Lipinski definition) is 2. The summed E-state index contributed by atoms with van der Waals surface area (Å²) in [5.74, 6) is 0.501. The van der Waals surface area contributed by atoms with Crippen LogP contribution in [0.15, 0.2) is 30.3 Å². The molecular weight excluding hydrogens is 444 g/mol. The first-order valence-electron chi connectivity index (χ1n) is 13.4. The molecule has 0 saturated carbocycles. The number of nitrogens with zero attached hydrogens (tertiary/aromatic N) is 1. The maximum absolute atomic E-state index is 12.3. The van der Waals surface area contributed by atoms with Crippen LogP contribution in [0.4, 0.5) is 0 Å². The van der Waals surface area contributed by atoms with E-state index in [-0.39, 0.29) is 12.5 Å². The standard InChI is InChI=1S/C29H45ClN2O2/c1-4-5-6-7-8-9-10-11-12-13-14-15-16-17-26-22-27(20-21-28(26)30)34-23-29(33)31-32-24(2)18-19-25(32)3/h18-22H,4-17,23H2,1-3H3,(H,31,33). The first-order valence-corrected chi connectivity index (χ1v) is 13.7. The van der Waals surface area contributed by atoms with Crippen molar-refractivity contribution >= 4 is 17.5 Å². The molecule has 0 atom stereocenters. The Labute approximate surface area is 212 Å². The summed E-state index contributed by atoms with van der Waals surface area (Å²) >= 11 is 6.40. The topological polar surface area (TPSA) is 43.3 Å². The maximum Gasteiger partial charge on any atom is 0.276 e. The zero-order chi connectivity index (χ0) is 24.6. The number of aryl methyl sites for hydroxylation is 3. The van der Waals surface area contributed by atoms with Crippen LogP contribution in [0.3, 0.4) is 0 Å². The third-order valence-electron chi connectivity index (χ3n) is 6.44. The van der Waals surface area contributed by atoms with Gasteiger partial charge < -0.3 is 4.74 Å². The predicted molar refractivity (Wildman–Crippen MR) is 145 cm³/mol. The molecule has 0 unspecified atom stereocenters. The van der Waals surface area contributed by atoms with Crippen LogP contribution in [0.1, 0.15) is 107 Å². The number of nitrogens with one attached hydrogen (secondary N) is 1. The molecule has 2 rings (SSSR count). The zero-order valence-corrected chi connectivity index (χ0v) is 22.4. The summed E-state index contributed by atoms with van der Waals surface area (Å²) in [6.07, 6.45) is 18.5. The van der Waals surface area contributed by atoms with E-state index in [0.29, 0.717) is 5.75 Å². The lowest BCUT2D eigenvalue weighted by Crippen LogP contribution is -2.29. The average molecular weight is 489 g/mol. The van der Waals surface area contributed by atoms with Crippen molar-refractivity contribution in [3.63, 3.8) is 0 Å². The van der Waals surface area contributed by atoms with Crippen molar-refractivity contribution in [3.8, 4) is 5.75 Å². The van der Waals surface area contributed by atoms with E-state index in [1.54, 1.807) is 4.68 Å². The lowest BCUT2D eigenvalue weighted by molar-refractivity contribution is -0.119. The molecule has 0 aliphatic rings. The van der Waals surface area contributed by atoms with E-state index in [4.69, 9.17) is 16.3 Å². The Morgan fingerprint density at radius 3 is 1.91 bits per heavy atom. The van der Waals surface area contributed by atoms with Crippen LogP contribution >= 0.6 is 11.6 Å². The summed E-state index contributed by atoms with van der Waals surface area (Å²) in [5.41, 5.74) is 5.93. The van der Waals surface area contributed by atoms with Crippen molar-refractivity contribution in [2.45, 2.75) is 111 Å². The van der Waals surface area contributed by atoms with E-state index in [1.807, 2.05) is 44.2 Å². The monoisotopic (exact) mass is 488 g/mol. The van der Waals surface area contributed by atoms with Gasteiger partial charge in [0.25, 0.3) is 5.91 Å². The molecule has 1 amide bonds. The smallest absolute Gasteiger partial charge is 0.276 e. The number of ether oxygens (including phenoxy) is 1. The fourth-order valence-electron chi connectivity index (χ4n) is 4.32. The van der Waals surface area contributed by atoms with Crippen LogP contribution in [0, 0.1) is 13.8 Å². The van der Waals surface area contributed by atoms with Gasteiger partial charge in [0.05, 0.1) is 0 Å². The highest BCUT2D eigenvalue weighted by molar-refractivity contribution is 6.31. The first kappa shape index (κ1) is 28.3. The van der Waals surface area contributed by atoms with Gasteiger partial charge in [0.1, 0.15) is 5.75 Å². The second-order valence-corrected chi connectivity index (χ2v) is 9.93. The van der Waals surface area contributed by atoms with E-state index >= 15 is 0 Å². The summed E-state index contributed by atoms with van der Waals surface area (Å²) in [6.45, 7) is 6.15. The van der Waals surface area contributed by atoms with Crippen molar-refractivity contribution in [2.75, 3.05) is 12.0 Å². The molecule has 190 valence electrons. The fraction of sp³-hybridized carbons (Fsp3) is 0.621. The lowest BCUT2D eigenvalue weighted by Gasteiger charge is -2.13. The molecule has 1 aromatic carbocycles. The number of aromatic nitrogens is 1. The summed E-state index contributed by atoms with van der Waals surface area (Å²) in [6, 6.07) is 9.61. The summed E-state index contributed by atoms with van der Waals surface area (Å²) < 4.78 is 7.50. The molecule has 1 heterocycles. The van der Waals surface area contributed by atoms with Gasteiger partial charge >= 0.3 is 0 Å². The largest absolute Gasteiger partial charge is 0.484 e. The number of halogens is 1. The Morgan fingerprint density at radius 1 is 0.824 bits per heavy atom. The molecule has 2 aromatic rings. The highest BCUT2D eigenvalue weighted by Gasteiger charge is 2.09. The molecule has 4 nitrogen and oxygen atoms in total. The lowest BCUT2D eigenvalue weighted by atomic mass is 10.0. The van der Waals surface area contributed by atoms with Gasteiger partial charge in [-0.15, -0.1) is 0 Å². The molecule has 0 bridgehead atoms. The molecule has 0 saturated heterocycles. The van der Waals surface area contributed by atoms with Crippen molar-refractivity contribution in [1.29, 1.82) is 0 Å². The van der Waals surface area contributed by atoms with Gasteiger partial charge in [-0.25, -0.2) is 0 Å². The summed E-state index contributed by atoms with van der Waals surface area (Å²) in [5, 5.41) is 0.773. The highest BCUT2D eigenvalue weighted by atomic mass is 35.5. The third kappa shape index (κ3) is 11.0. The molecule has 0 spiro atoms. The SMILES string of the molecule is CCCCCCCCCCCCCCCc1cc(OCC(=O)Nn2c(C)ccc2C)ccc1Cl. The van der Waals surface area contributed by atoms with Crippen LogP contribution in [0.5, 0.6) is 5.75 Å². The number of hydrogen-bond donors (Lipinski definition) is 1. The van der Waals surface area contributed by atoms with Gasteiger partial charge in [-0.1, -0.05) is 95.6 Å². The second kappa shape index (κ2) is 16.6. The molecule has 0 aliphatic carbocycles. The van der Waals surface area contributed by atoms with Crippen molar-refractivity contribution in [3.05, 3.63) is 52.3 Å². The Morgan fingerprint density at radius 2 is 1.35 bits per heavy atom. The van der Waals surface area contributed by atoms with Crippen molar-refractivity contribution in [1.82, 2.24) is 4.68 Å². The van der Waals surface area contributed by atoms with E-state index in [1.165, 1.54) is 77.0 Å². The van der Waals surface area contributed by atoms with E-state index in [0.717, 1.165) is 34.8 Å². The molecule has 0 fully saturated rings. The quantitative estimate of drug-likeness (QED) is 0.213. The van der Waals surface area contributed by atoms with E-state index in [9.17, 15) is 4.79 Å². The normalized spacial score (nSPS) is 11.1. The van der Waals surface area contributed by atoms with E-state index in [2.05, 4.69) is 12.3 Å².